The number of hydrogen-bond acceptors (Lipinski definition) is 11. The second kappa shape index (κ2) is 56.4. The average Bonchev–Trinajstić information content (AvgIpc) is 3.53. The van der Waals surface area contributed by atoms with Gasteiger partial charge in [0.1, 0.15) is 18.8 Å². The first kappa shape index (κ1) is 74.9. The van der Waals surface area contributed by atoms with E-state index < -0.39 is 67.3 Å². The van der Waals surface area contributed by atoms with E-state index in [9.17, 15) is 34.5 Å². The van der Waals surface area contributed by atoms with Crippen LogP contribution in [0.1, 0.15) is 278 Å². The Morgan fingerprint density at radius 2 is 0.778 bits per heavy atom. The molecule has 1 rings (SSSR count). The molecule has 6 atom stereocenters. The fourth-order valence-electron chi connectivity index (χ4n) is 9.55. The first-order chi connectivity index (χ1) is 39.6. The SMILES string of the molecule is CC/C=C\C/C=C\C/C=C\C/C=C\CCCCCCC(=O)OC1C(OCC(COC(=O)CCCCCCCCC/C=C\C/C=C\C/C=C\CC)OC(=O)CCCCCCCCCCCCCCCCCCC)OC(C(=O)O)C(O)C1O. The van der Waals surface area contributed by atoms with Gasteiger partial charge in [-0.3, -0.25) is 14.4 Å². The van der Waals surface area contributed by atoms with Crippen molar-refractivity contribution >= 4 is 23.9 Å². The van der Waals surface area contributed by atoms with Crippen LogP contribution < -0.4 is 0 Å². The highest BCUT2D eigenvalue weighted by Gasteiger charge is 2.50. The Kier molecular flexibility index (Phi) is 52.1. The van der Waals surface area contributed by atoms with Gasteiger partial charge in [0, 0.05) is 19.3 Å². The van der Waals surface area contributed by atoms with E-state index in [4.69, 9.17) is 23.7 Å². The molecule has 81 heavy (non-hydrogen) atoms. The quantitative estimate of drug-likeness (QED) is 0.0228. The predicted octanol–water partition coefficient (Wildman–Crippen LogP) is 17.5. The smallest absolute Gasteiger partial charge is 0.335 e. The van der Waals surface area contributed by atoms with Crippen LogP contribution >= 0.6 is 0 Å². The summed E-state index contributed by atoms with van der Waals surface area (Å²) in [5.74, 6) is -3.15. The van der Waals surface area contributed by atoms with Crippen LogP contribution in [-0.2, 0) is 42.9 Å². The lowest BCUT2D eigenvalue weighted by Gasteiger charge is -2.40. The van der Waals surface area contributed by atoms with Crippen LogP contribution in [0.4, 0.5) is 0 Å². The minimum absolute atomic E-state index is 0.0300. The number of aliphatic carboxylic acids is 1. The van der Waals surface area contributed by atoms with Gasteiger partial charge in [-0.15, -0.1) is 0 Å². The number of allylic oxidation sites excluding steroid dienone is 14. The number of carboxylic acid groups (broad SMARTS) is 1. The number of aliphatic hydroxyl groups excluding tert-OH is 2. The van der Waals surface area contributed by atoms with Gasteiger partial charge in [-0.05, 0) is 89.9 Å². The molecule has 3 N–H and O–H groups in total. The Morgan fingerprint density at radius 3 is 1.19 bits per heavy atom. The Balaban J connectivity index is 2.68. The zero-order valence-electron chi connectivity index (χ0n) is 51.3. The number of hydrogen-bond donors (Lipinski definition) is 3. The third kappa shape index (κ3) is 46.0. The van der Waals surface area contributed by atoms with Crippen LogP contribution in [0.5, 0.6) is 0 Å². The number of ether oxygens (including phenoxy) is 5. The summed E-state index contributed by atoms with van der Waals surface area (Å²) in [6, 6.07) is 0. The molecule has 1 heterocycles. The second-order valence-corrected chi connectivity index (χ2v) is 22.0. The second-order valence-electron chi connectivity index (χ2n) is 22.0. The molecule has 1 fully saturated rings. The summed E-state index contributed by atoms with van der Waals surface area (Å²) in [6.07, 6.45) is 61.1. The van der Waals surface area contributed by atoms with Gasteiger partial charge in [0.05, 0.1) is 6.61 Å². The lowest BCUT2D eigenvalue weighted by Crippen LogP contribution is -2.61. The minimum atomic E-state index is -1.92. The molecule has 0 spiro atoms. The Bertz CT molecular complexity index is 1730. The molecule has 1 aliphatic heterocycles. The fourth-order valence-corrected chi connectivity index (χ4v) is 9.55. The number of aliphatic hydroxyl groups is 2. The van der Waals surface area contributed by atoms with Gasteiger partial charge in [0.25, 0.3) is 0 Å². The number of rotatable bonds is 55. The summed E-state index contributed by atoms with van der Waals surface area (Å²) >= 11 is 0. The van der Waals surface area contributed by atoms with Crippen LogP contribution in [-0.4, -0.2) is 89.2 Å². The molecular weight excluding hydrogens is 1020 g/mol. The molecule has 0 aromatic carbocycles. The van der Waals surface area contributed by atoms with Gasteiger partial charge >= 0.3 is 23.9 Å². The van der Waals surface area contributed by atoms with Gasteiger partial charge < -0.3 is 39.0 Å². The summed E-state index contributed by atoms with van der Waals surface area (Å²) in [5.41, 5.74) is 0. The van der Waals surface area contributed by atoms with E-state index >= 15 is 0 Å². The summed E-state index contributed by atoms with van der Waals surface area (Å²) in [7, 11) is 0. The Morgan fingerprint density at radius 1 is 0.420 bits per heavy atom. The molecule has 0 radical (unpaired) electrons. The molecule has 1 saturated heterocycles. The highest BCUT2D eigenvalue weighted by atomic mass is 16.7. The summed E-state index contributed by atoms with van der Waals surface area (Å²) in [5, 5.41) is 31.6. The number of esters is 3. The highest BCUT2D eigenvalue weighted by molar-refractivity contribution is 5.74. The standard InChI is InChI=1S/C69H116O12/c1-4-7-10-13-16-19-22-25-28-31-34-37-40-43-46-49-52-55-61(70)77-58-60(79-62(71)56-53-50-47-44-41-38-35-32-29-26-23-20-17-14-11-8-5-2)59-78-69-67(65(74)64(73)66(81-69)68(75)76)80-63(72)57-54-51-48-45-42-39-36-33-30-27-24-21-18-15-12-9-6-3/h7,9-10,12,16,18-19,21,25,27-28,30,36,39,60,64-67,69,73-74H,4-6,8,11,13-15,17,20,22-24,26,29,31-35,37-38,40-59H2,1-3H3,(H,75,76)/b10-7-,12-9-,19-16-,21-18-,28-25-,30-27-,39-36-. The fraction of sp³-hybridized carbons (Fsp3) is 0.739. The molecule has 6 unspecified atom stereocenters. The van der Waals surface area contributed by atoms with E-state index in [-0.39, 0.29) is 25.9 Å². The van der Waals surface area contributed by atoms with Crippen molar-refractivity contribution in [1.29, 1.82) is 0 Å². The molecule has 1 aliphatic rings. The maximum atomic E-state index is 13.2. The van der Waals surface area contributed by atoms with Crippen molar-refractivity contribution in [2.45, 2.75) is 314 Å². The van der Waals surface area contributed by atoms with E-state index in [0.717, 1.165) is 128 Å². The highest BCUT2D eigenvalue weighted by Crippen LogP contribution is 2.27. The molecule has 0 aliphatic carbocycles. The number of carbonyl (C=O) groups excluding carboxylic acids is 3. The molecule has 0 aromatic heterocycles. The van der Waals surface area contributed by atoms with Crippen LogP contribution in [0.25, 0.3) is 0 Å². The molecule has 0 saturated carbocycles. The summed E-state index contributed by atoms with van der Waals surface area (Å²) in [4.78, 5) is 51.3. The Labute approximate surface area is 492 Å². The van der Waals surface area contributed by atoms with Crippen LogP contribution in [0.3, 0.4) is 0 Å². The van der Waals surface area contributed by atoms with E-state index in [2.05, 4.69) is 106 Å². The van der Waals surface area contributed by atoms with Crippen molar-refractivity contribution in [3.05, 3.63) is 85.1 Å². The summed E-state index contributed by atoms with van der Waals surface area (Å²) < 4.78 is 28.5. The lowest BCUT2D eigenvalue weighted by molar-refractivity contribution is -0.301. The van der Waals surface area contributed by atoms with Crippen molar-refractivity contribution < 1.29 is 58.2 Å². The number of carbonyl (C=O) groups is 4. The van der Waals surface area contributed by atoms with E-state index in [1.807, 2.05) is 0 Å². The van der Waals surface area contributed by atoms with Gasteiger partial charge in [0.15, 0.2) is 24.6 Å². The van der Waals surface area contributed by atoms with Crippen molar-refractivity contribution in [3.8, 4) is 0 Å². The molecule has 12 nitrogen and oxygen atoms in total. The molecule has 464 valence electrons. The van der Waals surface area contributed by atoms with Crippen LogP contribution in [0.2, 0.25) is 0 Å². The van der Waals surface area contributed by atoms with E-state index in [0.29, 0.717) is 19.3 Å². The number of carboxylic acids is 1. The topological polar surface area (TPSA) is 175 Å². The Hall–Kier alpha value is -4.10. The zero-order valence-corrected chi connectivity index (χ0v) is 51.3. The predicted molar refractivity (Wildman–Crippen MR) is 331 cm³/mol. The normalized spacial score (nSPS) is 18.3. The first-order valence-corrected chi connectivity index (χ1v) is 32.6. The summed E-state index contributed by atoms with van der Waals surface area (Å²) in [6.45, 7) is 5.79. The van der Waals surface area contributed by atoms with Gasteiger partial charge in [-0.1, -0.05) is 254 Å². The third-order valence-electron chi connectivity index (χ3n) is 14.5. The maximum absolute atomic E-state index is 13.2. The van der Waals surface area contributed by atoms with Crippen molar-refractivity contribution in [1.82, 2.24) is 0 Å². The molecule has 12 heteroatoms. The zero-order chi connectivity index (χ0) is 58.9. The molecule has 0 bridgehead atoms. The largest absolute Gasteiger partial charge is 0.479 e. The minimum Gasteiger partial charge on any atom is -0.479 e. The monoisotopic (exact) mass is 1140 g/mol. The van der Waals surface area contributed by atoms with Crippen molar-refractivity contribution in [2.24, 2.45) is 0 Å². The lowest BCUT2D eigenvalue weighted by atomic mass is 9.98. The average molecular weight is 1140 g/mol. The number of unbranched alkanes of at least 4 members (excludes halogenated alkanes) is 27. The van der Waals surface area contributed by atoms with Gasteiger partial charge in [0.2, 0.25) is 0 Å². The van der Waals surface area contributed by atoms with E-state index in [1.165, 1.54) is 89.9 Å². The van der Waals surface area contributed by atoms with Crippen molar-refractivity contribution in [2.75, 3.05) is 13.2 Å². The van der Waals surface area contributed by atoms with Gasteiger partial charge in [-0.25, -0.2) is 4.79 Å². The van der Waals surface area contributed by atoms with Crippen LogP contribution in [0, 0.1) is 0 Å². The molecule has 0 amide bonds. The maximum Gasteiger partial charge on any atom is 0.335 e. The third-order valence-corrected chi connectivity index (χ3v) is 14.5. The molecule has 0 aromatic rings. The molecular formula is C69H116O12. The first-order valence-electron chi connectivity index (χ1n) is 32.6. The van der Waals surface area contributed by atoms with Crippen LogP contribution in [0.15, 0.2) is 85.1 Å². The van der Waals surface area contributed by atoms with Crippen molar-refractivity contribution in [3.63, 3.8) is 0 Å². The van der Waals surface area contributed by atoms with E-state index in [1.54, 1.807) is 0 Å². The van der Waals surface area contributed by atoms with Gasteiger partial charge in [-0.2, -0.15) is 0 Å².